The number of carbonyl (C=O) groups excluding carboxylic acids is 1. The summed E-state index contributed by atoms with van der Waals surface area (Å²) >= 11 is 0. The molecule has 0 aliphatic heterocycles. The molecule has 2 amide bonds. The molecular formula is C19H22N8O. The number of carbonyl (C=O) groups is 1. The fourth-order valence-corrected chi connectivity index (χ4v) is 3.23. The molecule has 4 aromatic rings. The number of fused-ring (bicyclic) bond motifs is 2. The van der Waals surface area contributed by atoms with E-state index in [4.69, 9.17) is 4.98 Å². The molecule has 144 valence electrons. The Bertz CT molecular complexity index is 1170. The topological polar surface area (TPSA) is 101 Å². The first-order chi connectivity index (χ1) is 13.5. The number of hydrogen-bond acceptors (Lipinski definition) is 5. The van der Waals surface area contributed by atoms with Gasteiger partial charge in [-0.15, -0.1) is 0 Å². The van der Waals surface area contributed by atoms with Gasteiger partial charge in [0, 0.05) is 49.5 Å². The van der Waals surface area contributed by atoms with Crippen LogP contribution in [0.4, 0.5) is 16.3 Å². The van der Waals surface area contributed by atoms with Crippen molar-refractivity contribution in [2.24, 2.45) is 0 Å². The van der Waals surface area contributed by atoms with Gasteiger partial charge in [0.15, 0.2) is 5.65 Å². The number of amides is 2. The van der Waals surface area contributed by atoms with E-state index in [1.165, 1.54) is 0 Å². The molecule has 4 aromatic heterocycles. The number of nitrogens with zero attached hydrogens (tertiary/aromatic N) is 5. The molecule has 0 bridgehead atoms. The zero-order valence-electron chi connectivity index (χ0n) is 16.2. The first-order valence-electron chi connectivity index (χ1n) is 9.04. The third kappa shape index (κ3) is 2.81. The van der Waals surface area contributed by atoms with E-state index in [1.807, 2.05) is 25.2 Å². The normalized spacial score (nSPS) is 11.3. The van der Waals surface area contributed by atoms with E-state index in [2.05, 4.69) is 50.6 Å². The van der Waals surface area contributed by atoms with Crippen LogP contribution in [-0.2, 0) is 0 Å². The lowest BCUT2D eigenvalue weighted by molar-refractivity contribution is 0.254. The Kier molecular flexibility index (Phi) is 4.34. The van der Waals surface area contributed by atoms with Gasteiger partial charge in [-0.1, -0.05) is 0 Å². The minimum atomic E-state index is -0.325. The van der Waals surface area contributed by atoms with E-state index < -0.39 is 0 Å². The van der Waals surface area contributed by atoms with Crippen LogP contribution in [0.1, 0.15) is 19.9 Å². The predicted molar refractivity (Wildman–Crippen MR) is 110 cm³/mol. The van der Waals surface area contributed by atoms with Gasteiger partial charge in [-0.05, 0) is 26.0 Å². The van der Waals surface area contributed by atoms with Crippen LogP contribution in [0.2, 0.25) is 0 Å². The highest BCUT2D eigenvalue weighted by Crippen LogP contribution is 2.33. The monoisotopic (exact) mass is 378 g/mol. The fraction of sp³-hybridized carbons (Fsp3) is 0.263. The number of rotatable bonds is 4. The highest BCUT2D eigenvalue weighted by atomic mass is 16.2. The molecule has 9 heteroatoms. The zero-order valence-corrected chi connectivity index (χ0v) is 16.2. The third-order valence-electron chi connectivity index (χ3n) is 4.63. The maximum atomic E-state index is 11.8. The van der Waals surface area contributed by atoms with Crippen LogP contribution in [-0.4, -0.2) is 44.3 Å². The van der Waals surface area contributed by atoms with Gasteiger partial charge in [-0.2, -0.15) is 9.61 Å². The SMILES string of the molecule is CNC(=O)Nc1cnn2c(NC)cc(-c3cn(C(C)C)c4ncccc34)nc12. The summed E-state index contributed by atoms with van der Waals surface area (Å²) in [5, 5.41) is 13.8. The van der Waals surface area contributed by atoms with Gasteiger partial charge in [-0.3, -0.25) is 0 Å². The molecule has 0 spiro atoms. The summed E-state index contributed by atoms with van der Waals surface area (Å²) in [6.07, 6.45) is 5.45. The molecule has 4 heterocycles. The van der Waals surface area contributed by atoms with Crippen LogP contribution in [0.25, 0.3) is 27.9 Å². The lowest BCUT2D eigenvalue weighted by atomic mass is 10.1. The highest BCUT2D eigenvalue weighted by molar-refractivity contribution is 5.96. The lowest BCUT2D eigenvalue weighted by Crippen LogP contribution is -2.24. The van der Waals surface area contributed by atoms with Crippen molar-refractivity contribution in [3.05, 3.63) is 36.8 Å². The van der Waals surface area contributed by atoms with Crippen molar-refractivity contribution >= 4 is 34.2 Å². The Morgan fingerprint density at radius 3 is 2.75 bits per heavy atom. The lowest BCUT2D eigenvalue weighted by Gasteiger charge is -2.09. The van der Waals surface area contributed by atoms with Crippen LogP contribution in [0, 0.1) is 0 Å². The second-order valence-electron chi connectivity index (χ2n) is 6.69. The first-order valence-corrected chi connectivity index (χ1v) is 9.04. The molecule has 0 unspecified atom stereocenters. The molecule has 0 saturated heterocycles. The Hall–Kier alpha value is -3.62. The zero-order chi connectivity index (χ0) is 19.8. The first kappa shape index (κ1) is 17.8. The van der Waals surface area contributed by atoms with E-state index in [9.17, 15) is 4.79 Å². The summed E-state index contributed by atoms with van der Waals surface area (Å²) in [5.41, 5.74) is 3.75. The highest BCUT2D eigenvalue weighted by Gasteiger charge is 2.18. The minimum absolute atomic E-state index is 0.263. The molecule has 0 radical (unpaired) electrons. The minimum Gasteiger partial charge on any atom is -0.373 e. The molecular weight excluding hydrogens is 356 g/mol. The summed E-state index contributed by atoms with van der Waals surface area (Å²) in [6, 6.07) is 5.84. The Morgan fingerprint density at radius 1 is 1.21 bits per heavy atom. The average molecular weight is 378 g/mol. The number of anilines is 2. The molecule has 4 rings (SSSR count). The van der Waals surface area contributed by atoms with E-state index in [-0.39, 0.29) is 12.1 Å². The number of urea groups is 1. The molecule has 3 N–H and O–H groups in total. The van der Waals surface area contributed by atoms with Crippen molar-refractivity contribution in [1.29, 1.82) is 0 Å². The van der Waals surface area contributed by atoms with Gasteiger partial charge < -0.3 is 20.5 Å². The molecule has 0 aliphatic carbocycles. The number of aromatic nitrogens is 5. The molecule has 28 heavy (non-hydrogen) atoms. The van der Waals surface area contributed by atoms with E-state index in [0.29, 0.717) is 11.3 Å². The molecule has 0 aliphatic rings. The molecule has 0 fully saturated rings. The summed E-state index contributed by atoms with van der Waals surface area (Å²) in [4.78, 5) is 21.1. The summed E-state index contributed by atoms with van der Waals surface area (Å²) < 4.78 is 3.80. The second kappa shape index (κ2) is 6.84. The van der Waals surface area contributed by atoms with E-state index in [1.54, 1.807) is 24.0 Å². The number of nitrogens with one attached hydrogen (secondary N) is 3. The molecule has 0 atom stereocenters. The summed E-state index contributed by atoms with van der Waals surface area (Å²) in [6.45, 7) is 4.24. The predicted octanol–water partition coefficient (Wildman–Crippen LogP) is 3.12. The van der Waals surface area contributed by atoms with Crippen LogP contribution in [0.5, 0.6) is 0 Å². The molecule has 0 saturated carbocycles. The summed E-state index contributed by atoms with van der Waals surface area (Å²) in [5.74, 6) is 0.763. The average Bonchev–Trinajstić information content (AvgIpc) is 3.29. The van der Waals surface area contributed by atoms with Crippen LogP contribution in [0.3, 0.4) is 0 Å². The van der Waals surface area contributed by atoms with Crippen molar-refractivity contribution in [3.63, 3.8) is 0 Å². The maximum absolute atomic E-state index is 11.8. The quantitative estimate of drug-likeness (QED) is 0.506. The fourth-order valence-electron chi connectivity index (χ4n) is 3.23. The summed E-state index contributed by atoms with van der Waals surface area (Å²) in [7, 11) is 3.39. The van der Waals surface area contributed by atoms with Crippen LogP contribution in [0.15, 0.2) is 36.8 Å². The maximum Gasteiger partial charge on any atom is 0.319 e. The molecule has 0 aromatic carbocycles. The van der Waals surface area contributed by atoms with Crippen molar-refractivity contribution in [2.75, 3.05) is 24.7 Å². The Morgan fingerprint density at radius 2 is 2.04 bits per heavy atom. The van der Waals surface area contributed by atoms with Crippen LogP contribution < -0.4 is 16.0 Å². The number of pyridine rings is 1. The van der Waals surface area contributed by atoms with Crippen molar-refractivity contribution in [1.82, 2.24) is 29.5 Å². The second-order valence-corrected chi connectivity index (χ2v) is 6.69. The van der Waals surface area contributed by atoms with Crippen molar-refractivity contribution in [3.8, 4) is 11.3 Å². The van der Waals surface area contributed by atoms with Gasteiger partial charge in [0.2, 0.25) is 0 Å². The van der Waals surface area contributed by atoms with E-state index >= 15 is 0 Å². The third-order valence-corrected chi connectivity index (χ3v) is 4.63. The van der Waals surface area contributed by atoms with Gasteiger partial charge in [0.25, 0.3) is 0 Å². The van der Waals surface area contributed by atoms with Gasteiger partial charge in [-0.25, -0.2) is 14.8 Å². The van der Waals surface area contributed by atoms with Gasteiger partial charge in [0.05, 0.1) is 11.9 Å². The Balaban J connectivity index is 1.95. The van der Waals surface area contributed by atoms with E-state index in [0.717, 1.165) is 28.1 Å². The van der Waals surface area contributed by atoms with Gasteiger partial charge in [0.1, 0.15) is 17.2 Å². The van der Waals surface area contributed by atoms with Crippen LogP contribution >= 0.6 is 0 Å². The Labute approximate surface area is 161 Å². The van der Waals surface area contributed by atoms with Crippen molar-refractivity contribution < 1.29 is 4.79 Å². The van der Waals surface area contributed by atoms with Gasteiger partial charge >= 0.3 is 6.03 Å². The number of hydrogen-bond donors (Lipinski definition) is 3. The largest absolute Gasteiger partial charge is 0.373 e. The van der Waals surface area contributed by atoms with Crippen molar-refractivity contribution in [2.45, 2.75) is 19.9 Å². The smallest absolute Gasteiger partial charge is 0.319 e. The standard InChI is InChI=1S/C19H22N8O/c1-11(2)26-10-13(12-6-5-7-22-17(12)26)14-8-16(20-3)27-18(24-14)15(9-23-27)25-19(28)21-4/h5-11,20H,1-4H3,(H2,21,25,28). The molecule has 9 nitrogen and oxygen atoms in total.